The fourth-order valence-corrected chi connectivity index (χ4v) is 2.58. The minimum atomic E-state index is 0.576. The molecule has 0 atom stereocenters. The van der Waals surface area contributed by atoms with Crippen LogP contribution in [-0.2, 0) is 6.54 Å². The van der Waals surface area contributed by atoms with Gasteiger partial charge in [0.2, 0.25) is 5.95 Å². The first-order valence-corrected chi connectivity index (χ1v) is 7.38. The minimum absolute atomic E-state index is 0.576. The Balaban J connectivity index is 1.95. The number of imidazole rings is 1. The summed E-state index contributed by atoms with van der Waals surface area (Å²) in [6.07, 6.45) is 1.76. The van der Waals surface area contributed by atoms with Crippen molar-refractivity contribution < 1.29 is 0 Å². The Morgan fingerprint density at radius 1 is 1.05 bits per heavy atom. The zero-order valence-electron chi connectivity index (χ0n) is 13.0. The van der Waals surface area contributed by atoms with Crippen LogP contribution >= 0.6 is 0 Å². The summed E-state index contributed by atoms with van der Waals surface area (Å²) in [6.45, 7) is 7.12. The number of hydrogen-bond acceptors (Lipinski definition) is 4. The second-order valence-corrected chi connectivity index (χ2v) is 5.09. The molecular weight excluding hydrogens is 274 g/mol. The summed E-state index contributed by atoms with van der Waals surface area (Å²) >= 11 is 0. The first-order chi connectivity index (χ1) is 10.7. The van der Waals surface area contributed by atoms with Gasteiger partial charge in [0, 0.05) is 24.1 Å². The van der Waals surface area contributed by atoms with Crippen LogP contribution in [0.2, 0.25) is 0 Å². The van der Waals surface area contributed by atoms with E-state index in [1.807, 2.05) is 43.3 Å². The van der Waals surface area contributed by atoms with Gasteiger partial charge < -0.3 is 9.88 Å². The van der Waals surface area contributed by atoms with Crippen LogP contribution in [0.1, 0.15) is 18.4 Å². The average Bonchev–Trinajstić information content (AvgIpc) is 2.83. The summed E-state index contributed by atoms with van der Waals surface area (Å²) in [5, 5.41) is 3.21. The lowest BCUT2D eigenvalue weighted by molar-refractivity contribution is 0.709. The Bertz CT molecular complexity index is 777. The van der Waals surface area contributed by atoms with Gasteiger partial charge in [0.25, 0.3) is 0 Å². The van der Waals surface area contributed by atoms with E-state index in [0.717, 1.165) is 35.1 Å². The van der Waals surface area contributed by atoms with E-state index in [1.54, 1.807) is 6.20 Å². The van der Waals surface area contributed by atoms with E-state index in [9.17, 15) is 0 Å². The van der Waals surface area contributed by atoms with Crippen LogP contribution in [0.4, 0.5) is 11.6 Å². The van der Waals surface area contributed by atoms with Crippen molar-refractivity contribution in [1.82, 2.24) is 19.5 Å². The molecule has 22 heavy (non-hydrogen) atoms. The average molecular weight is 293 g/mol. The lowest BCUT2D eigenvalue weighted by Crippen LogP contribution is -2.00. The number of para-hydroxylation sites is 1. The van der Waals surface area contributed by atoms with Crippen LogP contribution in [0.3, 0.4) is 0 Å². The van der Waals surface area contributed by atoms with Gasteiger partial charge in [-0.15, -0.1) is 0 Å². The molecular formula is C17H19N5. The molecule has 0 saturated heterocycles. The predicted molar refractivity (Wildman–Crippen MR) is 88.1 cm³/mol. The molecule has 2 aromatic heterocycles. The van der Waals surface area contributed by atoms with Crippen molar-refractivity contribution in [2.75, 3.05) is 5.32 Å². The molecule has 1 aromatic carbocycles. The molecule has 0 aliphatic heterocycles. The third-order valence-corrected chi connectivity index (χ3v) is 3.66. The zero-order chi connectivity index (χ0) is 15.5. The Hall–Kier alpha value is -2.69. The van der Waals surface area contributed by atoms with Crippen LogP contribution in [0.5, 0.6) is 0 Å². The molecule has 0 bridgehead atoms. The maximum atomic E-state index is 4.64. The summed E-state index contributed by atoms with van der Waals surface area (Å²) in [5.74, 6) is 1.58. The summed E-state index contributed by atoms with van der Waals surface area (Å²) in [5.41, 5.74) is 3.84. The molecule has 0 fully saturated rings. The number of aromatic nitrogens is 4. The molecule has 0 radical (unpaired) electrons. The number of rotatable bonds is 4. The summed E-state index contributed by atoms with van der Waals surface area (Å²) < 4.78 is 2.18. The van der Waals surface area contributed by atoms with Gasteiger partial charge in [0.05, 0.1) is 5.69 Å². The Morgan fingerprint density at radius 2 is 1.82 bits per heavy atom. The molecule has 0 amide bonds. The van der Waals surface area contributed by atoms with Crippen molar-refractivity contribution in [3.05, 3.63) is 54.1 Å². The van der Waals surface area contributed by atoms with Crippen LogP contribution in [0, 0.1) is 13.8 Å². The highest BCUT2D eigenvalue weighted by molar-refractivity contribution is 5.61. The van der Waals surface area contributed by atoms with Gasteiger partial charge >= 0.3 is 0 Å². The first kappa shape index (κ1) is 14.3. The normalized spacial score (nSPS) is 10.7. The third kappa shape index (κ3) is 2.70. The van der Waals surface area contributed by atoms with Crippen LogP contribution in [0.25, 0.3) is 11.4 Å². The summed E-state index contributed by atoms with van der Waals surface area (Å²) in [6, 6.07) is 11.8. The van der Waals surface area contributed by atoms with Crippen molar-refractivity contribution in [2.24, 2.45) is 0 Å². The monoisotopic (exact) mass is 293 g/mol. The Morgan fingerprint density at radius 3 is 2.50 bits per heavy atom. The highest BCUT2D eigenvalue weighted by Gasteiger charge is 2.13. The van der Waals surface area contributed by atoms with Gasteiger partial charge in [0.1, 0.15) is 11.5 Å². The number of hydrogen-bond donors (Lipinski definition) is 1. The number of aryl methyl sites for hydroxylation is 1. The van der Waals surface area contributed by atoms with E-state index < -0.39 is 0 Å². The third-order valence-electron chi connectivity index (χ3n) is 3.66. The second kappa shape index (κ2) is 5.97. The topological polar surface area (TPSA) is 55.6 Å². The van der Waals surface area contributed by atoms with Gasteiger partial charge in [-0.1, -0.05) is 18.2 Å². The van der Waals surface area contributed by atoms with Crippen LogP contribution in [0.15, 0.2) is 42.6 Å². The maximum Gasteiger partial charge on any atom is 0.227 e. The quantitative estimate of drug-likeness (QED) is 0.796. The zero-order valence-corrected chi connectivity index (χ0v) is 13.0. The molecule has 0 aliphatic carbocycles. The van der Waals surface area contributed by atoms with E-state index in [1.165, 1.54) is 0 Å². The summed E-state index contributed by atoms with van der Waals surface area (Å²) in [7, 11) is 0. The number of nitrogens with zero attached hydrogens (tertiary/aromatic N) is 4. The lowest BCUT2D eigenvalue weighted by Gasteiger charge is -2.06. The SMILES string of the molecule is CCn1c(C)nc(-c2ccnc(Nc3ccccc3)n2)c1C. The summed E-state index contributed by atoms with van der Waals surface area (Å²) in [4.78, 5) is 13.5. The minimum Gasteiger partial charge on any atom is -0.332 e. The molecule has 1 N–H and O–H groups in total. The van der Waals surface area contributed by atoms with E-state index in [4.69, 9.17) is 0 Å². The number of nitrogens with one attached hydrogen (secondary N) is 1. The van der Waals surface area contributed by atoms with Crippen molar-refractivity contribution in [3.63, 3.8) is 0 Å². The number of anilines is 2. The first-order valence-electron chi connectivity index (χ1n) is 7.38. The van der Waals surface area contributed by atoms with Crippen LogP contribution in [-0.4, -0.2) is 19.5 Å². The van der Waals surface area contributed by atoms with Gasteiger partial charge in [-0.05, 0) is 39.0 Å². The molecule has 5 nitrogen and oxygen atoms in total. The fraction of sp³-hybridized carbons (Fsp3) is 0.235. The molecule has 112 valence electrons. The molecule has 2 heterocycles. The van der Waals surface area contributed by atoms with Crippen molar-refractivity contribution in [3.8, 4) is 11.4 Å². The highest BCUT2D eigenvalue weighted by atomic mass is 15.1. The Labute approximate surface area is 130 Å². The smallest absolute Gasteiger partial charge is 0.227 e. The standard InChI is InChI=1S/C17H19N5/c1-4-22-12(2)16(19-13(22)3)15-10-11-18-17(21-15)20-14-8-6-5-7-9-14/h5-11H,4H2,1-3H3,(H,18,20,21). The molecule has 0 unspecified atom stereocenters. The number of benzene rings is 1. The van der Waals surface area contributed by atoms with Crippen molar-refractivity contribution in [2.45, 2.75) is 27.3 Å². The van der Waals surface area contributed by atoms with Gasteiger partial charge in [-0.25, -0.2) is 15.0 Å². The molecule has 3 aromatic rings. The van der Waals surface area contributed by atoms with E-state index in [0.29, 0.717) is 5.95 Å². The predicted octanol–water partition coefficient (Wildman–Crippen LogP) is 3.72. The molecule has 0 aliphatic rings. The van der Waals surface area contributed by atoms with Gasteiger partial charge in [0.15, 0.2) is 0 Å². The molecule has 5 heteroatoms. The largest absolute Gasteiger partial charge is 0.332 e. The van der Waals surface area contributed by atoms with E-state index >= 15 is 0 Å². The van der Waals surface area contributed by atoms with Gasteiger partial charge in [-0.2, -0.15) is 0 Å². The van der Waals surface area contributed by atoms with Crippen molar-refractivity contribution in [1.29, 1.82) is 0 Å². The lowest BCUT2D eigenvalue weighted by atomic mass is 10.2. The maximum absolute atomic E-state index is 4.64. The molecule has 0 saturated carbocycles. The fourth-order valence-electron chi connectivity index (χ4n) is 2.58. The highest BCUT2D eigenvalue weighted by Crippen LogP contribution is 2.23. The van der Waals surface area contributed by atoms with Crippen LogP contribution < -0.4 is 5.32 Å². The second-order valence-electron chi connectivity index (χ2n) is 5.09. The van der Waals surface area contributed by atoms with Crippen molar-refractivity contribution >= 4 is 11.6 Å². The Kier molecular flexibility index (Phi) is 3.87. The van der Waals surface area contributed by atoms with Gasteiger partial charge in [-0.3, -0.25) is 0 Å². The molecule has 0 spiro atoms. The van der Waals surface area contributed by atoms with E-state index in [2.05, 4.69) is 38.7 Å². The van der Waals surface area contributed by atoms with E-state index in [-0.39, 0.29) is 0 Å². The molecule has 3 rings (SSSR count).